The summed E-state index contributed by atoms with van der Waals surface area (Å²) in [4.78, 5) is 38.0. The predicted octanol–water partition coefficient (Wildman–Crippen LogP) is 5.70. The topological polar surface area (TPSA) is 125 Å². The van der Waals surface area contributed by atoms with Gasteiger partial charge in [-0.3, -0.25) is 9.59 Å². The number of hydrazone groups is 1. The molecule has 0 unspecified atom stereocenters. The van der Waals surface area contributed by atoms with Crippen LogP contribution in [0.5, 0.6) is 23.0 Å². The summed E-state index contributed by atoms with van der Waals surface area (Å²) in [5.74, 6) is 0.0981. The Hall–Kier alpha value is -5.35. The fraction of sp³-hybridized carbons (Fsp3) is 0.0968. The van der Waals surface area contributed by atoms with Crippen molar-refractivity contribution in [2.45, 2.75) is 6.92 Å². The van der Waals surface area contributed by atoms with Crippen LogP contribution in [0, 0.1) is 0 Å². The number of nitrogens with one attached hydrogen (secondary N) is 2. The molecule has 10 nitrogen and oxygen atoms in total. The van der Waals surface area contributed by atoms with Gasteiger partial charge in [-0.25, -0.2) is 10.2 Å². The normalized spacial score (nSPS) is 11.7. The molecule has 0 atom stereocenters. The first kappa shape index (κ1) is 28.2. The number of rotatable bonds is 9. The number of anilines is 1. The van der Waals surface area contributed by atoms with Crippen molar-refractivity contribution in [3.63, 3.8) is 0 Å². The Morgan fingerprint density at radius 2 is 1.71 bits per heavy atom. The first-order chi connectivity index (χ1) is 20.4. The minimum Gasteiger partial charge on any atom is -0.490 e. The number of amides is 2. The summed E-state index contributed by atoms with van der Waals surface area (Å²) < 4.78 is 21.8. The molecule has 4 aromatic carbocycles. The lowest BCUT2D eigenvalue weighted by atomic mass is 10.1. The fourth-order valence-electron chi connectivity index (χ4n) is 3.95. The standard InChI is InChI=1S/C31H24ClN3O7/c1-2-39-27-14-19(10-12-26(27)42-31(38)21-11-13-25-28(16-21)41-18-40-25)17-33-35-29(36)20-6-5-7-22(15-20)34-30(37)23-8-3-4-9-24(23)32/h3-17H,2,18H2,1H3,(H,34,37)(H,35,36). The van der Waals surface area contributed by atoms with E-state index in [0.717, 1.165) is 0 Å². The molecule has 1 aliphatic heterocycles. The summed E-state index contributed by atoms with van der Waals surface area (Å²) in [5, 5.41) is 7.07. The SMILES string of the molecule is CCOc1cc(C=NNC(=O)c2cccc(NC(=O)c3ccccc3Cl)c2)ccc1OC(=O)c1ccc2c(c1)OCO2. The number of nitrogens with zero attached hydrogens (tertiary/aromatic N) is 1. The van der Waals surface area contributed by atoms with E-state index in [4.69, 9.17) is 30.5 Å². The average Bonchev–Trinajstić information content (AvgIpc) is 3.47. The van der Waals surface area contributed by atoms with Crippen LogP contribution in [0.1, 0.15) is 43.6 Å². The van der Waals surface area contributed by atoms with E-state index in [0.29, 0.717) is 51.3 Å². The molecule has 2 amide bonds. The third-order valence-corrected chi connectivity index (χ3v) is 6.29. The van der Waals surface area contributed by atoms with Crippen LogP contribution in [0.4, 0.5) is 5.69 Å². The molecule has 0 fully saturated rings. The zero-order valence-electron chi connectivity index (χ0n) is 22.3. The van der Waals surface area contributed by atoms with Crippen molar-refractivity contribution in [1.29, 1.82) is 0 Å². The van der Waals surface area contributed by atoms with Crippen LogP contribution < -0.4 is 29.7 Å². The quantitative estimate of drug-likeness (QED) is 0.112. The van der Waals surface area contributed by atoms with Gasteiger partial charge in [0.2, 0.25) is 6.79 Å². The van der Waals surface area contributed by atoms with Crippen molar-refractivity contribution in [2.75, 3.05) is 18.7 Å². The third kappa shape index (κ3) is 6.68. The molecule has 1 heterocycles. The third-order valence-electron chi connectivity index (χ3n) is 5.96. The van der Waals surface area contributed by atoms with E-state index in [2.05, 4.69) is 15.8 Å². The Labute approximate surface area is 245 Å². The van der Waals surface area contributed by atoms with Crippen LogP contribution in [0.3, 0.4) is 0 Å². The summed E-state index contributed by atoms with van der Waals surface area (Å²) in [5.41, 5.74) is 4.36. The number of carbonyl (C=O) groups excluding carboxylic acids is 3. The summed E-state index contributed by atoms with van der Waals surface area (Å²) in [7, 11) is 0. The second kappa shape index (κ2) is 12.9. The Balaban J connectivity index is 1.22. The maximum Gasteiger partial charge on any atom is 0.343 e. The molecule has 2 N–H and O–H groups in total. The van der Waals surface area contributed by atoms with E-state index in [-0.39, 0.29) is 18.1 Å². The van der Waals surface area contributed by atoms with Gasteiger partial charge >= 0.3 is 5.97 Å². The molecule has 0 saturated carbocycles. The van der Waals surface area contributed by atoms with Crippen molar-refractivity contribution in [3.8, 4) is 23.0 Å². The van der Waals surface area contributed by atoms with Gasteiger partial charge in [-0.1, -0.05) is 29.8 Å². The molecular weight excluding hydrogens is 562 g/mol. The average molecular weight is 586 g/mol. The molecule has 0 radical (unpaired) electrons. The van der Waals surface area contributed by atoms with Crippen LogP contribution in [0.25, 0.3) is 0 Å². The highest BCUT2D eigenvalue weighted by Gasteiger charge is 2.19. The minimum absolute atomic E-state index is 0.0981. The number of ether oxygens (including phenoxy) is 4. The summed E-state index contributed by atoms with van der Waals surface area (Å²) in [6, 6.07) is 22.7. The largest absolute Gasteiger partial charge is 0.490 e. The predicted molar refractivity (Wildman–Crippen MR) is 156 cm³/mol. The second-order valence-electron chi connectivity index (χ2n) is 8.81. The smallest absolute Gasteiger partial charge is 0.343 e. The van der Waals surface area contributed by atoms with E-state index in [1.807, 2.05) is 0 Å². The van der Waals surface area contributed by atoms with Gasteiger partial charge in [-0.05, 0) is 79.2 Å². The Morgan fingerprint density at radius 3 is 2.55 bits per heavy atom. The first-order valence-electron chi connectivity index (χ1n) is 12.8. The molecule has 5 rings (SSSR count). The zero-order valence-corrected chi connectivity index (χ0v) is 23.0. The lowest BCUT2D eigenvalue weighted by Crippen LogP contribution is -2.18. The molecule has 42 heavy (non-hydrogen) atoms. The van der Waals surface area contributed by atoms with Gasteiger partial charge in [0.25, 0.3) is 11.8 Å². The summed E-state index contributed by atoms with van der Waals surface area (Å²) >= 11 is 6.10. The number of halogens is 1. The highest BCUT2D eigenvalue weighted by molar-refractivity contribution is 6.34. The van der Waals surface area contributed by atoms with E-state index in [1.54, 1.807) is 85.8 Å². The summed E-state index contributed by atoms with van der Waals surface area (Å²) in [6.07, 6.45) is 1.42. The van der Waals surface area contributed by atoms with Crippen molar-refractivity contribution in [3.05, 3.63) is 112 Å². The number of esters is 1. The van der Waals surface area contributed by atoms with Gasteiger partial charge in [0, 0.05) is 11.3 Å². The maximum atomic E-state index is 12.7. The van der Waals surface area contributed by atoms with Gasteiger partial charge in [0.15, 0.2) is 23.0 Å². The van der Waals surface area contributed by atoms with Crippen molar-refractivity contribution < 1.29 is 33.3 Å². The number of benzene rings is 4. The van der Waals surface area contributed by atoms with Crippen LogP contribution in [0.15, 0.2) is 90.0 Å². The maximum absolute atomic E-state index is 12.7. The first-order valence-corrected chi connectivity index (χ1v) is 13.2. The van der Waals surface area contributed by atoms with E-state index in [9.17, 15) is 14.4 Å². The number of fused-ring (bicyclic) bond motifs is 1. The van der Waals surface area contributed by atoms with Crippen molar-refractivity contribution in [2.24, 2.45) is 5.10 Å². The molecule has 0 bridgehead atoms. The van der Waals surface area contributed by atoms with Crippen molar-refractivity contribution >= 4 is 41.3 Å². The van der Waals surface area contributed by atoms with Gasteiger partial charge < -0.3 is 24.3 Å². The Kier molecular flexibility index (Phi) is 8.64. The van der Waals surface area contributed by atoms with Crippen LogP contribution >= 0.6 is 11.6 Å². The Morgan fingerprint density at radius 1 is 0.881 bits per heavy atom. The molecule has 0 aromatic heterocycles. The van der Waals surface area contributed by atoms with E-state index >= 15 is 0 Å². The van der Waals surface area contributed by atoms with Crippen LogP contribution in [-0.4, -0.2) is 37.4 Å². The van der Waals surface area contributed by atoms with E-state index in [1.165, 1.54) is 12.3 Å². The Bertz CT molecular complexity index is 1690. The van der Waals surface area contributed by atoms with Gasteiger partial charge in [-0.2, -0.15) is 5.10 Å². The highest BCUT2D eigenvalue weighted by atomic mass is 35.5. The van der Waals surface area contributed by atoms with Gasteiger partial charge in [-0.15, -0.1) is 0 Å². The molecule has 4 aromatic rings. The van der Waals surface area contributed by atoms with Crippen LogP contribution in [0.2, 0.25) is 5.02 Å². The molecule has 212 valence electrons. The molecule has 11 heteroatoms. The second-order valence-corrected chi connectivity index (χ2v) is 9.22. The monoisotopic (exact) mass is 585 g/mol. The fourth-order valence-corrected chi connectivity index (χ4v) is 4.17. The van der Waals surface area contributed by atoms with Gasteiger partial charge in [0.1, 0.15) is 0 Å². The number of hydrogen-bond acceptors (Lipinski definition) is 8. The zero-order chi connectivity index (χ0) is 29.5. The molecular formula is C31H24ClN3O7. The summed E-state index contributed by atoms with van der Waals surface area (Å²) in [6.45, 7) is 2.23. The molecule has 0 saturated heterocycles. The lowest BCUT2D eigenvalue weighted by molar-refractivity contribution is 0.0727. The van der Waals surface area contributed by atoms with Crippen LogP contribution in [-0.2, 0) is 0 Å². The van der Waals surface area contributed by atoms with Crippen molar-refractivity contribution in [1.82, 2.24) is 5.43 Å². The number of hydrogen-bond donors (Lipinski definition) is 2. The molecule has 1 aliphatic rings. The minimum atomic E-state index is -0.590. The molecule has 0 aliphatic carbocycles. The highest BCUT2D eigenvalue weighted by Crippen LogP contribution is 2.34. The number of carbonyl (C=O) groups is 3. The molecule has 0 spiro atoms. The van der Waals surface area contributed by atoms with E-state index < -0.39 is 17.8 Å². The lowest BCUT2D eigenvalue weighted by Gasteiger charge is -2.11. The van der Waals surface area contributed by atoms with Gasteiger partial charge in [0.05, 0.1) is 29.0 Å².